The molecule has 9 heteroatoms. The second kappa shape index (κ2) is 9.70. The molecule has 1 aliphatic heterocycles. The van der Waals surface area contributed by atoms with E-state index in [1.807, 2.05) is 6.92 Å². The van der Waals surface area contributed by atoms with Gasteiger partial charge in [0.25, 0.3) is 0 Å². The van der Waals surface area contributed by atoms with Crippen molar-refractivity contribution in [3.63, 3.8) is 0 Å². The summed E-state index contributed by atoms with van der Waals surface area (Å²) in [5.74, 6) is 0.713. The van der Waals surface area contributed by atoms with E-state index in [1.54, 1.807) is 12.1 Å². The highest BCUT2D eigenvalue weighted by Gasteiger charge is 2.29. The van der Waals surface area contributed by atoms with Crippen LogP contribution < -0.4 is 15.8 Å². The number of rotatable bonds is 6. The highest BCUT2D eigenvalue weighted by atomic mass is 127. The van der Waals surface area contributed by atoms with Crippen LogP contribution in [-0.2, 0) is 21.3 Å². The molecule has 25 heavy (non-hydrogen) atoms. The Bertz CT molecular complexity index is 671. The Balaban J connectivity index is 0.00000312. The molecule has 1 atom stereocenters. The Morgan fingerprint density at radius 3 is 2.52 bits per heavy atom. The smallest absolute Gasteiger partial charge is 0.238 e. The molecule has 1 heterocycles. The zero-order valence-corrected chi connectivity index (χ0v) is 17.8. The Morgan fingerprint density at radius 2 is 2.00 bits per heavy atom. The predicted octanol–water partition coefficient (Wildman–Crippen LogP) is 1.58. The molecule has 2 rings (SSSR count). The third-order valence-corrected chi connectivity index (χ3v) is 4.88. The topological polar surface area (TPSA) is 106 Å². The van der Waals surface area contributed by atoms with Crippen LogP contribution in [0.1, 0.15) is 32.3 Å². The molecular formula is C16H27IN4O3S. The maximum absolute atomic E-state index is 11.3. The molecule has 1 aromatic rings. The number of primary sulfonamides is 1. The SMILES string of the molecule is CCNC(=NCc1ccc(S(N)(=O)=O)cc1)NCC1(C)CCCO1.I. The molecule has 1 fully saturated rings. The molecule has 1 aromatic carbocycles. The molecule has 0 saturated carbocycles. The fourth-order valence-electron chi connectivity index (χ4n) is 2.54. The number of nitrogens with zero attached hydrogens (tertiary/aromatic N) is 1. The van der Waals surface area contributed by atoms with E-state index >= 15 is 0 Å². The number of ether oxygens (including phenoxy) is 1. The highest BCUT2D eigenvalue weighted by Crippen LogP contribution is 2.23. The van der Waals surface area contributed by atoms with E-state index in [0.717, 1.165) is 31.6 Å². The maximum Gasteiger partial charge on any atom is 0.238 e. The molecule has 142 valence electrons. The number of guanidine groups is 1. The van der Waals surface area contributed by atoms with Crippen LogP contribution >= 0.6 is 24.0 Å². The van der Waals surface area contributed by atoms with E-state index < -0.39 is 10.0 Å². The van der Waals surface area contributed by atoms with E-state index in [0.29, 0.717) is 19.0 Å². The van der Waals surface area contributed by atoms with Gasteiger partial charge in [0.2, 0.25) is 10.0 Å². The molecule has 7 nitrogen and oxygen atoms in total. The molecule has 0 aromatic heterocycles. The highest BCUT2D eigenvalue weighted by molar-refractivity contribution is 14.0. The van der Waals surface area contributed by atoms with Gasteiger partial charge in [-0.15, -0.1) is 24.0 Å². The number of sulfonamides is 1. The molecule has 0 radical (unpaired) electrons. The zero-order chi connectivity index (χ0) is 17.6. The van der Waals surface area contributed by atoms with Crippen LogP contribution in [0.2, 0.25) is 0 Å². The van der Waals surface area contributed by atoms with Gasteiger partial charge in [0.05, 0.1) is 17.0 Å². The van der Waals surface area contributed by atoms with Gasteiger partial charge >= 0.3 is 0 Å². The van der Waals surface area contributed by atoms with Crippen molar-refractivity contribution in [1.82, 2.24) is 10.6 Å². The van der Waals surface area contributed by atoms with Gasteiger partial charge in [-0.2, -0.15) is 0 Å². The quantitative estimate of drug-likeness (QED) is 0.325. The zero-order valence-electron chi connectivity index (χ0n) is 14.6. The van der Waals surface area contributed by atoms with Gasteiger partial charge in [0.1, 0.15) is 0 Å². The molecule has 0 bridgehead atoms. The number of aliphatic imine (C=N–C) groups is 1. The molecule has 4 N–H and O–H groups in total. The summed E-state index contributed by atoms with van der Waals surface area (Å²) >= 11 is 0. The summed E-state index contributed by atoms with van der Waals surface area (Å²) in [4.78, 5) is 4.63. The summed E-state index contributed by atoms with van der Waals surface area (Å²) in [6, 6.07) is 6.42. The largest absolute Gasteiger partial charge is 0.373 e. The first kappa shape index (κ1) is 22.1. The molecule has 0 spiro atoms. The third-order valence-electron chi connectivity index (χ3n) is 3.95. The van der Waals surface area contributed by atoms with Gasteiger partial charge in [-0.05, 0) is 44.4 Å². The first-order valence-electron chi connectivity index (χ1n) is 8.10. The Labute approximate surface area is 166 Å². The van der Waals surface area contributed by atoms with E-state index in [2.05, 4.69) is 22.5 Å². The minimum absolute atomic E-state index is 0. The van der Waals surface area contributed by atoms with Crippen LogP contribution in [0.15, 0.2) is 34.2 Å². The van der Waals surface area contributed by atoms with Crippen molar-refractivity contribution < 1.29 is 13.2 Å². The van der Waals surface area contributed by atoms with Crippen LogP contribution in [0.3, 0.4) is 0 Å². The van der Waals surface area contributed by atoms with Gasteiger partial charge < -0.3 is 15.4 Å². The molecule has 0 aliphatic carbocycles. The standard InChI is InChI=1S/C16H26N4O3S.HI/c1-3-18-15(20-12-16(2)9-4-10-23-16)19-11-13-5-7-14(8-6-13)24(17,21)22;/h5-8H,3-4,9-12H2,1-2H3,(H2,17,21,22)(H2,18,19,20);1H. The number of nitrogens with one attached hydrogen (secondary N) is 2. The maximum atomic E-state index is 11.3. The average Bonchev–Trinajstić information content (AvgIpc) is 2.97. The lowest BCUT2D eigenvalue weighted by Crippen LogP contribution is -2.45. The second-order valence-electron chi connectivity index (χ2n) is 6.14. The van der Waals surface area contributed by atoms with E-state index in [9.17, 15) is 8.42 Å². The molecule has 1 aliphatic rings. The molecule has 0 amide bonds. The number of halogens is 1. The van der Waals surface area contributed by atoms with Crippen molar-refractivity contribution in [1.29, 1.82) is 0 Å². The summed E-state index contributed by atoms with van der Waals surface area (Å²) < 4.78 is 28.3. The first-order chi connectivity index (χ1) is 11.3. The van der Waals surface area contributed by atoms with Crippen molar-refractivity contribution >= 4 is 40.0 Å². The predicted molar refractivity (Wildman–Crippen MR) is 110 cm³/mol. The van der Waals surface area contributed by atoms with Crippen molar-refractivity contribution in [3.05, 3.63) is 29.8 Å². The monoisotopic (exact) mass is 482 g/mol. The van der Waals surface area contributed by atoms with E-state index in [1.165, 1.54) is 12.1 Å². The summed E-state index contributed by atoms with van der Waals surface area (Å²) in [6.45, 7) is 6.81. The minimum Gasteiger partial charge on any atom is -0.373 e. The van der Waals surface area contributed by atoms with Crippen LogP contribution in [-0.4, -0.2) is 39.7 Å². The van der Waals surface area contributed by atoms with Crippen LogP contribution in [0.5, 0.6) is 0 Å². The van der Waals surface area contributed by atoms with Crippen LogP contribution in [0, 0.1) is 0 Å². The Kier molecular flexibility index (Phi) is 8.58. The summed E-state index contributed by atoms with van der Waals surface area (Å²) in [5, 5.41) is 11.6. The average molecular weight is 482 g/mol. The summed E-state index contributed by atoms with van der Waals surface area (Å²) in [7, 11) is -3.66. The van der Waals surface area contributed by atoms with Crippen molar-refractivity contribution in [2.75, 3.05) is 19.7 Å². The Hall–Kier alpha value is -0.910. The van der Waals surface area contributed by atoms with Crippen LogP contribution in [0.4, 0.5) is 0 Å². The molecule has 1 unspecified atom stereocenters. The number of benzene rings is 1. The van der Waals surface area contributed by atoms with Gasteiger partial charge in [0, 0.05) is 19.7 Å². The normalized spacial score (nSPS) is 20.8. The van der Waals surface area contributed by atoms with Gasteiger partial charge in [0.15, 0.2) is 5.96 Å². The van der Waals surface area contributed by atoms with Gasteiger partial charge in [-0.25, -0.2) is 18.5 Å². The summed E-state index contributed by atoms with van der Waals surface area (Å²) in [5.41, 5.74) is 0.760. The fraction of sp³-hybridized carbons (Fsp3) is 0.562. The van der Waals surface area contributed by atoms with Crippen molar-refractivity contribution in [3.8, 4) is 0 Å². The van der Waals surface area contributed by atoms with Crippen molar-refractivity contribution in [2.45, 2.75) is 43.7 Å². The first-order valence-corrected chi connectivity index (χ1v) is 9.65. The molecule has 1 saturated heterocycles. The van der Waals surface area contributed by atoms with Crippen LogP contribution in [0.25, 0.3) is 0 Å². The summed E-state index contributed by atoms with van der Waals surface area (Å²) in [6.07, 6.45) is 2.12. The Morgan fingerprint density at radius 1 is 1.32 bits per heavy atom. The van der Waals surface area contributed by atoms with Gasteiger partial charge in [-0.3, -0.25) is 0 Å². The lowest BCUT2D eigenvalue weighted by molar-refractivity contribution is 0.0243. The lowest BCUT2D eigenvalue weighted by atomic mass is 10.0. The van der Waals surface area contributed by atoms with Crippen molar-refractivity contribution in [2.24, 2.45) is 10.1 Å². The second-order valence-corrected chi connectivity index (χ2v) is 7.70. The molecular weight excluding hydrogens is 455 g/mol. The lowest BCUT2D eigenvalue weighted by Gasteiger charge is -2.24. The van der Waals surface area contributed by atoms with E-state index in [-0.39, 0.29) is 34.5 Å². The number of hydrogen-bond donors (Lipinski definition) is 3. The number of nitrogens with two attached hydrogens (primary N) is 1. The van der Waals surface area contributed by atoms with E-state index in [4.69, 9.17) is 9.88 Å². The van der Waals surface area contributed by atoms with Gasteiger partial charge in [-0.1, -0.05) is 12.1 Å². The number of hydrogen-bond acceptors (Lipinski definition) is 4. The minimum atomic E-state index is -3.66. The fourth-order valence-corrected chi connectivity index (χ4v) is 3.06. The third kappa shape index (κ3) is 7.08.